The lowest BCUT2D eigenvalue weighted by Crippen LogP contribution is -2.47. The zero-order valence-corrected chi connectivity index (χ0v) is 17.3. The fourth-order valence-electron chi connectivity index (χ4n) is 4.54. The van der Waals surface area contributed by atoms with Crippen LogP contribution in [0.5, 0.6) is 0 Å². The first-order valence-electron chi connectivity index (χ1n) is 10.3. The van der Waals surface area contributed by atoms with Gasteiger partial charge < -0.3 is 20.1 Å². The van der Waals surface area contributed by atoms with Gasteiger partial charge in [0.1, 0.15) is 0 Å². The topological polar surface area (TPSA) is 68.4 Å². The van der Waals surface area contributed by atoms with Crippen molar-refractivity contribution in [2.75, 3.05) is 24.5 Å². The SMILES string of the molecule is O=C(NCC(=O)N1CCCc2ccccc21)N1CCc2c([nH]c3ccc(Cl)cc23)C1. The molecular formula is C23H23ClN4O2. The van der Waals surface area contributed by atoms with Gasteiger partial charge in [0.2, 0.25) is 5.91 Å². The molecule has 6 nitrogen and oxygen atoms in total. The third kappa shape index (κ3) is 3.41. The number of benzene rings is 2. The Morgan fingerprint density at radius 2 is 1.97 bits per heavy atom. The van der Waals surface area contributed by atoms with E-state index >= 15 is 0 Å². The van der Waals surface area contributed by atoms with Crippen molar-refractivity contribution in [3.05, 3.63) is 64.3 Å². The summed E-state index contributed by atoms with van der Waals surface area (Å²) in [5.74, 6) is -0.0755. The maximum atomic E-state index is 12.8. The highest BCUT2D eigenvalue weighted by atomic mass is 35.5. The van der Waals surface area contributed by atoms with Crippen LogP contribution < -0.4 is 10.2 Å². The van der Waals surface area contributed by atoms with Crippen molar-refractivity contribution in [3.8, 4) is 0 Å². The van der Waals surface area contributed by atoms with Gasteiger partial charge in [-0.1, -0.05) is 29.8 Å². The third-order valence-corrected chi connectivity index (χ3v) is 6.26. The molecule has 154 valence electrons. The number of aromatic amines is 1. The second kappa shape index (κ2) is 7.69. The van der Waals surface area contributed by atoms with Gasteiger partial charge in [0.05, 0.1) is 13.1 Å². The van der Waals surface area contributed by atoms with E-state index in [2.05, 4.69) is 16.4 Å². The second-order valence-electron chi connectivity index (χ2n) is 7.88. The third-order valence-electron chi connectivity index (χ3n) is 6.03. The number of amides is 3. The van der Waals surface area contributed by atoms with Gasteiger partial charge in [0.15, 0.2) is 0 Å². The molecule has 2 N–H and O–H groups in total. The van der Waals surface area contributed by atoms with Crippen LogP contribution in [0.15, 0.2) is 42.5 Å². The Balaban J connectivity index is 1.24. The molecule has 0 radical (unpaired) electrons. The Hall–Kier alpha value is -2.99. The number of hydrogen-bond acceptors (Lipinski definition) is 2. The number of nitrogens with one attached hydrogen (secondary N) is 2. The lowest BCUT2D eigenvalue weighted by molar-refractivity contribution is -0.117. The van der Waals surface area contributed by atoms with Crippen LogP contribution in [0.1, 0.15) is 23.2 Å². The summed E-state index contributed by atoms with van der Waals surface area (Å²) in [7, 11) is 0. The van der Waals surface area contributed by atoms with E-state index in [4.69, 9.17) is 11.6 Å². The quantitative estimate of drug-likeness (QED) is 0.658. The van der Waals surface area contributed by atoms with E-state index in [1.807, 2.05) is 36.4 Å². The zero-order chi connectivity index (χ0) is 20.7. The molecule has 0 bridgehead atoms. The molecule has 3 aromatic rings. The van der Waals surface area contributed by atoms with Crippen LogP contribution in [0.3, 0.4) is 0 Å². The first-order valence-corrected chi connectivity index (χ1v) is 10.7. The van der Waals surface area contributed by atoms with Crippen LogP contribution in [0, 0.1) is 0 Å². The number of hydrogen-bond donors (Lipinski definition) is 2. The number of carbonyl (C=O) groups is 2. The van der Waals surface area contributed by atoms with Gasteiger partial charge in [-0.25, -0.2) is 4.79 Å². The lowest BCUT2D eigenvalue weighted by Gasteiger charge is -2.30. The van der Waals surface area contributed by atoms with Gasteiger partial charge in [-0.3, -0.25) is 4.79 Å². The molecule has 0 atom stereocenters. The number of aromatic nitrogens is 1. The van der Waals surface area contributed by atoms with Crippen molar-refractivity contribution in [1.82, 2.24) is 15.2 Å². The van der Waals surface area contributed by atoms with Crippen LogP contribution in [0.2, 0.25) is 5.02 Å². The number of rotatable bonds is 2. The Labute approximate surface area is 179 Å². The van der Waals surface area contributed by atoms with E-state index in [0.717, 1.165) is 41.5 Å². The van der Waals surface area contributed by atoms with Gasteiger partial charge in [-0.15, -0.1) is 0 Å². The summed E-state index contributed by atoms with van der Waals surface area (Å²) in [6.45, 7) is 1.79. The van der Waals surface area contributed by atoms with Crippen LogP contribution in [-0.2, 0) is 24.2 Å². The monoisotopic (exact) mass is 422 g/mol. The summed E-state index contributed by atoms with van der Waals surface area (Å²) in [4.78, 5) is 32.4. The average molecular weight is 423 g/mol. The largest absolute Gasteiger partial charge is 0.357 e. The van der Waals surface area contributed by atoms with Crippen molar-refractivity contribution in [2.24, 2.45) is 0 Å². The Kier molecular flexibility index (Phi) is 4.87. The van der Waals surface area contributed by atoms with Gasteiger partial charge in [-0.05, 0) is 54.7 Å². The fraction of sp³-hybridized carbons (Fsp3) is 0.304. The van der Waals surface area contributed by atoms with Crippen LogP contribution >= 0.6 is 11.6 Å². The maximum absolute atomic E-state index is 12.8. The molecule has 0 spiro atoms. The highest BCUT2D eigenvalue weighted by Gasteiger charge is 2.26. The smallest absolute Gasteiger partial charge is 0.318 e. The molecule has 2 aromatic carbocycles. The minimum Gasteiger partial charge on any atom is -0.357 e. The number of nitrogens with zero attached hydrogens (tertiary/aromatic N) is 2. The molecule has 2 aliphatic heterocycles. The number of halogens is 1. The van der Waals surface area contributed by atoms with Crippen molar-refractivity contribution in [1.29, 1.82) is 0 Å². The summed E-state index contributed by atoms with van der Waals surface area (Å²) < 4.78 is 0. The van der Waals surface area contributed by atoms with Gasteiger partial charge in [0, 0.05) is 40.4 Å². The highest BCUT2D eigenvalue weighted by molar-refractivity contribution is 6.31. The van der Waals surface area contributed by atoms with E-state index in [0.29, 0.717) is 24.7 Å². The van der Waals surface area contributed by atoms with Crippen LogP contribution in [0.4, 0.5) is 10.5 Å². The molecule has 30 heavy (non-hydrogen) atoms. The lowest BCUT2D eigenvalue weighted by atomic mass is 10.0. The predicted molar refractivity (Wildman–Crippen MR) is 118 cm³/mol. The molecule has 5 rings (SSSR count). The van der Waals surface area contributed by atoms with Crippen LogP contribution in [0.25, 0.3) is 10.9 Å². The molecule has 0 aliphatic carbocycles. The normalized spacial score (nSPS) is 15.6. The van der Waals surface area contributed by atoms with E-state index < -0.39 is 0 Å². The molecule has 0 fully saturated rings. The first kappa shape index (κ1) is 19.0. The highest BCUT2D eigenvalue weighted by Crippen LogP contribution is 2.30. The van der Waals surface area contributed by atoms with Gasteiger partial charge >= 0.3 is 6.03 Å². The van der Waals surface area contributed by atoms with Crippen molar-refractivity contribution < 1.29 is 9.59 Å². The molecule has 0 saturated carbocycles. The van der Waals surface area contributed by atoms with Crippen molar-refractivity contribution >= 4 is 40.1 Å². The molecule has 7 heteroatoms. The average Bonchev–Trinajstić information content (AvgIpc) is 3.13. The molecule has 1 aromatic heterocycles. The van der Waals surface area contributed by atoms with Crippen molar-refractivity contribution in [2.45, 2.75) is 25.8 Å². The number of carbonyl (C=O) groups excluding carboxylic acids is 2. The standard InChI is InChI=1S/C23H23ClN4O2/c24-16-7-8-19-18(12-16)17-9-11-27(14-20(17)26-19)23(30)25-13-22(29)28-10-3-5-15-4-1-2-6-21(15)28/h1-2,4,6-8,12,26H,3,5,9-11,13-14H2,(H,25,30). The summed E-state index contributed by atoms with van der Waals surface area (Å²) in [5.41, 5.74) is 5.43. The van der Waals surface area contributed by atoms with E-state index in [9.17, 15) is 9.59 Å². The number of para-hydroxylation sites is 1. The molecule has 3 amide bonds. The molecule has 3 heterocycles. The number of fused-ring (bicyclic) bond motifs is 4. The first-order chi connectivity index (χ1) is 14.6. The predicted octanol–water partition coefficient (Wildman–Crippen LogP) is 3.87. The van der Waals surface area contributed by atoms with Gasteiger partial charge in [0.25, 0.3) is 0 Å². The molecule has 0 unspecified atom stereocenters. The minimum absolute atomic E-state index is 0.00116. The van der Waals surface area contributed by atoms with E-state index in [1.165, 1.54) is 11.1 Å². The summed E-state index contributed by atoms with van der Waals surface area (Å²) in [6, 6.07) is 13.6. The van der Waals surface area contributed by atoms with Crippen LogP contribution in [-0.4, -0.2) is 41.5 Å². The molecule has 2 aliphatic rings. The maximum Gasteiger partial charge on any atom is 0.318 e. The Bertz CT molecular complexity index is 1140. The minimum atomic E-state index is -0.212. The number of H-pyrrole nitrogens is 1. The molecular weight excluding hydrogens is 400 g/mol. The van der Waals surface area contributed by atoms with Crippen molar-refractivity contribution in [3.63, 3.8) is 0 Å². The zero-order valence-electron chi connectivity index (χ0n) is 16.6. The Morgan fingerprint density at radius 3 is 2.87 bits per heavy atom. The summed E-state index contributed by atoms with van der Waals surface area (Å²) in [5, 5.41) is 4.65. The van der Waals surface area contributed by atoms with E-state index in [-0.39, 0.29) is 18.5 Å². The fourth-order valence-corrected chi connectivity index (χ4v) is 4.71. The summed E-state index contributed by atoms with van der Waals surface area (Å²) in [6.07, 6.45) is 2.69. The van der Waals surface area contributed by atoms with Gasteiger partial charge in [-0.2, -0.15) is 0 Å². The number of aryl methyl sites for hydroxylation is 1. The number of anilines is 1. The number of urea groups is 1. The summed E-state index contributed by atoms with van der Waals surface area (Å²) >= 11 is 6.14. The second-order valence-corrected chi connectivity index (χ2v) is 8.32. The molecule has 0 saturated heterocycles. The van der Waals surface area contributed by atoms with E-state index in [1.54, 1.807) is 9.80 Å². The Morgan fingerprint density at radius 1 is 1.10 bits per heavy atom.